The van der Waals surface area contributed by atoms with Crippen molar-refractivity contribution in [3.8, 4) is 17.1 Å². The van der Waals surface area contributed by atoms with Gasteiger partial charge in [0.15, 0.2) is 0 Å². The van der Waals surface area contributed by atoms with Crippen LogP contribution in [0.25, 0.3) is 22.3 Å². The number of carbonyl (C=O) groups is 1. The number of benzene rings is 2. The Morgan fingerprint density at radius 2 is 2.03 bits per heavy atom. The maximum atomic E-state index is 12.2. The van der Waals surface area contributed by atoms with E-state index in [0.29, 0.717) is 29.7 Å². The van der Waals surface area contributed by atoms with Crippen molar-refractivity contribution in [2.45, 2.75) is 11.8 Å². The molecular formula is C27H31N7O2S. The Balaban J connectivity index is 1.70. The lowest BCUT2D eigenvalue weighted by Crippen LogP contribution is -2.15. The Labute approximate surface area is 220 Å². The van der Waals surface area contributed by atoms with Gasteiger partial charge in [-0.1, -0.05) is 24.8 Å². The van der Waals surface area contributed by atoms with Crippen LogP contribution in [0.1, 0.15) is 6.92 Å². The molecule has 0 aliphatic carbocycles. The number of amides is 1. The summed E-state index contributed by atoms with van der Waals surface area (Å²) < 4.78 is 7.78. The Bertz CT molecular complexity index is 1420. The van der Waals surface area contributed by atoms with Crippen LogP contribution in [-0.2, 0) is 11.8 Å². The summed E-state index contributed by atoms with van der Waals surface area (Å²) in [6.07, 6.45) is 2.96. The van der Waals surface area contributed by atoms with Gasteiger partial charge < -0.3 is 20.3 Å². The number of hydrogen-bond acceptors (Lipinski definition) is 8. The zero-order valence-corrected chi connectivity index (χ0v) is 22.3. The number of rotatable bonds is 11. The second kappa shape index (κ2) is 11.9. The van der Waals surface area contributed by atoms with E-state index in [1.54, 1.807) is 18.0 Å². The summed E-state index contributed by atoms with van der Waals surface area (Å²) in [5.74, 6) is 1.61. The number of nitrogens with zero attached hydrogens (tertiary/aromatic N) is 5. The number of ether oxygens (including phenoxy) is 1. The van der Waals surface area contributed by atoms with Gasteiger partial charge in [0.25, 0.3) is 0 Å². The van der Waals surface area contributed by atoms with Gasteiger partial charge in [0, 0.05) is 35.8 Å². The second-order valence-corrected chi connectivity index (χ2v) is 9.64. The summed E-state index contributed by atoms with van der Waals surface area (Å²) in [6.45, 7) is 6.89. The van der Waals surface area contributed by atoms with Gasteiger partial charge in [-0.15, -0.1) is 11.8 Å². The molecule has 0 bridgehead atoms. The van der Waals surface area contributed by atoms with Crippen LogP contribution in [0.15, 0.2) is 66.2 Å². The maximum absolute atomic E-state index is 12.2. The van der Waals surface area contributed by atoms with Crippen LogP contribution in [-0.4, -0.2) is 63.6 Å². The summed E-state index contributed by atoms with van der Waals surface area (Å²) in [5.41, 5.74) is 3.84. The molecule has 0 aliphatic heterocycles. The molecule has 0 saturated carbocycles. The molecule has 2 aromatic carbocycles. The maximum Gasteiger partial charge on any atom is 0.247 e. The summed E-state index contributed by atoms with van der Waals surface area (Å²) in [7, 11) is 5.96. The Morgan fingerprint density at radius 3 is 2.78 bits per heavy atom. The van der Waals surface area contributed by atoms with E-state index in [2.05, 4.69) is 32.2 Å². The fraction of sp³-hybridized carbons (Fsp3) is 0.259. The first-order valence-corrected chi connectivity index (χ1v) is 12.9. The van der Waals surface area contributed by atoms with Gasteiger partial charge >= 0.3 is 0 Å². The number of anilines is 3. The van der Waals surface area contributed by atoms with Crippen LogP contribution in [0.2, 0.25) is 0 Å². The summed E-state index contributed by atoms with van der Waals surface area (Å²) in [6, 6.07) is 13.6. The van der Waals surface area contributed by atoms with Crippen LogP contribution >= 0.6 is 11.8 Å². The number of nitrogens with one attached hydrogen (secondary N) is 2. The molecule has 37 heavy (non-hydrogen) atoms. The van der Waals surface area contributed by atoms with E-state index >= 15 is 0 Å². The third-order valence-corrected chi connectivity index (χ3v) is 6.54. The minimum absolute atomic E-state index is 0.286. The molecule has 0 saturated heterocycles. The third-order valence-electron chi connectivity index (χ3n) is 5.51. The van der Waals surface area contributed by atoms with E-state index in [-0.39, 0.29) is 5.91 Å². The molecule has 4 rings (SSSR count). The van der Waals surface area contributed by atoms with Gasteiger partial charge in [0.05, 0.1) is 34.9 Å². The first kappa shape index (κ1) is 26.2. The van der Waals surface area contributed by atoms with Crippen molar-refractivity contribution >= 4 is 45.9 Å². The fourth-order valence-corrected chi connectivity index (χ4v) is 4.93. The molecular weight excluding hydrogens is 486 g/mol. The minimum atomic E-state index is -0.286. The molecule has 2 N–H and O–H groups in total. The monoisotopic (exact) mass is 517 g/mol. The van der Waals surface area contributed by atoms with Crippen LogP contribution < -0.4 is 15.4 Å². The van der Waals surface area contributed by atoms with E-state index in [4.69, 9.17) is 9.72 Å². The van der Waals surface area contributed by atoms with Gasteiger partial charge in [0.1, 0.15) is 5.75 Å². The first-order chi connectivity index (χ1) is 17.9. The lowest BCUT2D eigenvalue weighted by molar-refractivity contribution is -0.111. The molecule has 0 unspecified atom stereocenters. The molecule has 4 aromatic rings. The van der Waals surface area contributed by atoms with Crippen molar-refractivity contribution in [2.75, 3.05) is 43.6 Å². The summed E-state index contributed by atoms with van der Waals surface area (Å²) >= 11 is 1.65. The van der Waals surface area contributed by atoms with Crippen LogP contribution in [0.5, 0.6) is 5.75 Å². The highest BCUT2D eigenvalue weighted by Crippen LogP contribution is 2.38. The molecule has 10 heteroatoms. The molecule has 0 fully saturated rings. The molecule has 192 valence electrons. The largest absolute Gasteiger partial charge is 0.492 e. The summed E-state index contributed by atoms with van der Waals surface area (Å²) in [4.78, 5) is 24.4. The highest BCUT2D eigenvalue weighted by Gasteiger charge is 2.16. The highest BCUT2D eigenvalue weighted by molar-refractivity contribution is 7.99. The smallest absolute Gasteiger partial charge is 0.247 e. The van der Waals surface area contributed by atoms with E-state index < -0.39 is 0 Å². The quantitative estimate of drug-likeness (QED) is 0.213. The average Bonchev–Trinajstić information content (AvgIpc) is 3.21. The van der Waals surface area contributed by atoms with Crippen molar-refractivity contribution < 1.29 is 9.53 Å². The predicted octanol–water partition coefficient (Wildman–Crippen LogP) is 4.95. The normalized spacial score (nSPS) is 11.1. The van der Waals surface area contributed by atoms with Crippen molar-refractivity contribution in [3.63, 3.8) is 0 Å². The van der Waals surface area contributed by atoms with Gasteiger partial charge in [-0.3, -0.25) is 9.48 Å². The molecule has 2 heterocycles. The number of aromatic nitrogens is 4. The lowest BCUT2D eigenvalue weighted by atomic mass is 10.1. The van der Waals surface area contributed by atoms with Crippen molar-refractivity contribution in [2.24, 2.45) is 7.05 Å². The van der Waals surface area contributed by atoms with Crippen LogP contribution in [0.3, 0.4) is 0 Å². The third kappa shape index (κ3) is 6.28. The SMILES string of the molecule is C=CC(=O)Nc1cc(Nc2nccc(-c3c4ccccc4nn3C)n2)c(OCC)cc1SCCN(C)C. The molecule has 1 amide bonds. The van der Waals surface area contributed by atoms with Gasteiger partial charge in [0.2, 0.25) is 11.9 Å². The van der Waals surface area contributed by atoms with Gasteiger partial charge in [-0.2, -0.15) is 5.10 Å². The summed E-state index contributed by atoms with van der Waals surface area (Å²) in [5, 5.41) is 11.8. The number of hydrogen-bond donors (Lipinski definition) is 2. The predicted molar refractivity (Wildman–Crippen MR) is 151 cm³/mol. The molecule has 0 aliphatic rings. The van der Waals surface area contributed by atoms with Crippen LogP contribution in [0.4, 0.5) is 17.3 Å². The number of fused-ring (bicyclic) bond motifs is 1. The molecule has 0 radical (unpaired) electrons. The molecule has 9 nitrogen and oxygen atoms in total. The van der Waals surface area contributed by atoms with E-state index in [1.807, 2.05) is 75.2 Å². The molecule has 0 atom stereocenters. The standard InChI is InChI=1S/C27H31N7O2S/c1-6-25(35)29-22-16-21(23(36-7-2)17-24(22)37-15-14-33(3)4)31-27-28-13-12-20(30-27)26-18-10-8-9-11-19(18)32-34(26)5/h6,8-13,16-17H,1,7,14-15H2,2-5H3,(H,29,35)(H,28,30,31). The zero-order valence-electron chi connectivity index (χ0n) is 21.5. The molecule has 0 spiro atoms. The Kier molecular flexibility index (Phi) is 8.42. The number of thioether (sulfide) groups is 1. The fourth-order valence-electron chi connectivity index (χ4n) is 3.79. The van der Waals surface area contributed by atoms with Crippen molar-refractivity contribution in [3.05, 3.63) is 61.3 Å². The number of aryl methyl sites for hydroxylation is 1. The van der Waals surface area contributed by atoms with E-state index in [9.17, 15) is 4.79 Å². The second-order valence-electron chi connectivity index (χ2n) is 8.50. The lowest BCUT2D eigenvalue weighted by Gasteiger charge is -2.18. The first-order valence-electron chi connectivity index (χ1n) is 11.9. The van der Waals surface area contributed by atoms with E-state index in [0.717, 1.165) is 39.5 Å². The highest BCUT2D eigenvalue weighted by atomic mass is 32.2. The van der Waals surface area contributed by atoms with E-state index in [1.165, 1.54) is 6.08 Å². The van der Waals surface area contributed by atoms with Crippen molar-refractivity contribution in [1.82, 2.24) is 24.6 Å². The van der Waals surface area contributed by atoms with Gasteiger partial charge in [-0.05, 0) is 51.4 Å². The Hall–Kier alpha value is -3.89. The number of carbonyl (C=O) groups excluding carboxylic acids is 1. The Morgan fingerprint density at radius 1 is 1.22 bits per heavy atom. The van der Waals surface area contributed by atoms with Crippen LogP contribution in [0, 0.1) is 0 Å². The van der Waals surface area contributed by atoms with Gasteiger partial charge in [-0.25, -0.2) is 9.97 Å². The van der Waals surface area contributed by atoms with Crippen molar-refractivity contribution in [1.29, 1.82) is 0 Å². The zero-order chi connectivity index (χ0) is 26.4. The minimum Gasteiger partial charge on any atom is -0.492 e. The topological polar surface area (TPSA) is 97.2 Å². The average molecular weight is 518 g/mol. The molecule has 2 aromatic heterocycles.